The molecule has 0 aliphatic heterocycles. The van der Waals surface area contributed by atoms with Gasteiger partial charge in [0.15, 0.2) is 8.68 Å². The number of thioether (sulfide) groups is 2. The molecule has 0 aliphatic carbocycles. The number of hydrogen-bond donors (Lipinski definition) is 1. The Kier molecular flexibility index (Phi) is 6.79. The molecule has 8 heteroatoms. The van der Waals surface area contributed by atoms with Gasteiger partial charge in [0.25, 0.3) is 0 Å². The Morgan fingerprint density at radius 1 is 1.45 bits per heavy atom. The number of carbonyl (C=O) groups excluding carboxylic acids is 1. The van der Waals surface area contributed by atoms with Crippen molar-refractivity contribution < 1.29 is 4.79 Å². The van der Waals surface area contributed by atoms with Crippen molar-refractivity contribution in [2.24, 2.45) is 5.92 Å². The van der Waals surface area contributed by atoms with Gasteiger partial charge in [-0.25, -0.2) is 0 Å². The Labute approximate surface area is 131 Å². The average Bonchev–Trinajstić information content (AvgIpc) is 2.84. The Bertz CT molecular complexity index is 497. The maximum Gasteiger partial charge on any atom is 0.231 e. The number of hydrogen-bond acceptors (Lipinski definition) is 7. The fourth-order valence-electron chi connectivity index (χ4n) is 1.19. The van der Waals surface area contributed by atoms with E-state index in [1.807, 2.05) is 13.8 Å². The summed E-state index contributed by atoms with van der Waals surface area (Å²) < 4.78 is 1.69. The fraction of sp³-hybridized carbons (Fsp3) is 0.667. The predicted molar refractivity (Wildman–Crippen MR) is 84.0 cm³/mol. The Hall–Kier alpha value is -0.780. The Morgan fingerprint density at radius 3 is 2.55 bits per heavy atom. The molecule has 1 amide bonds. The monoisotopic (exact) mass is 330 g/mol. The molecule has 0 saturated carbocycles. The number of carbonyl (C=O) groups is 1. The molecule has 1 heterocycles. The molecule has 1 aromatic heterocycles. The summed E-state index contributed by atoms with van der Waals surface area (Å²) in [4.78, 5) is 11.9. The lowest BCUT2D eigenvalue weighted by molar-refractivity contribution is -0.120. The smallest absolute Gasteiger partial charge is 0.231 e. The highest BCUT2D eigenvalue weighted by molar-refractivity contribution is 8.03. The van der Waals surface area contributed by atoms with Crippen LogP contribution in [0.3, 0.4) is 0 Å². The molecule has 5 nitrogen and oxygen atoms in total. The van der Waals surface area contributed by atoms with E-state index in [2.05, 4.69) is 28.5 Å². The minimum atomic E-state index is -0.831. The summed E-state index contributed by atoms with van der Waals surface area (Å²) in [6.07, 6.45) is 0. The van der Waals surface area contributed by atoms with Crippen LogP contribution in [0.15, 0.2) is 8.68 Å². The standard InChI is InChI=1S/C12H18N4OS3/c1-5-18-10-15-16-11(20-10)19-6-9(17)14-12(4,7-13)8(2)3/h8H,5-6H2,1-4H3,(H,14,17). The first-order chi connectivity index (χ1) is 9.41. The van der Waals surface area contributed by atoms with Crippen molar-refractivity contribution in [3.8, 4) is 6.07 Å². The second-order valence-corrected chi connectivity index (χ2v) is 8.28. The zero-order valence-corrected chi connectivity index (χ0v) is 14.4. The molecule has 0 aliphatic rings. The quantitative estimate of drug-likeness (QED) is 0.775. The molecule has 1 unspecified atom stereocenters. The topological polar surface area (TPSA) is 78.7 Å². The van der Waals surface area contributed by atoms with E-state index < -0.39 is 5.54 Å². The number of rotatable bonds is 7. The predicted octanol–water partition coefficient (Wildman–Crippen LogP) is 2.80. The van der Waals surface area contributed by atoms with E-state index in [0.29, 0.717) is 0 Å². The third kappa shape index (κ3) is 4.96. The van der Waals surface area contributed by atoms with Gasteiger partial charge in [-0.3, -0.25) is 4.79 Å². The van der Waals surface area contributed by atoms with Crippen molar-refractivity contribution in [2.45, 2.75) is 41.9 Å². The van der Waals surface area contributed by atoms with Gasteiger partial charge >= 0.3 is 0 Å². The van der Waals surface area contributed by atoms with Gasteiger partial charge in [0.2, 0.25) is 5.91 Å². The molecule has 1 atom stereocenters. The van der Waals surface area contributed by atoms with Gasteiger partial charge < -0.3 is 5.32 Å². The minimum absolute atomic E-state index is 0.0514. The molecule has 1 aromatic rings. The van der Waals surface area contributed by atoms with Gasteiger partial charge in [0.1, 0.15) is 5.54 Å². The van der Waals surface area contributed by atoms with Crippen molar-refractivity contribution in [3.63, 3.8) is 0 Å². The molecule has 20 heavy (non-hydrogen) atoms. The summed E-state index contributed by atoms with van der Waals surface area (Å²) in [7, 11) is 0. The first-order valence-corrected chi connectivity index (χ1v) is 9.01. The summed E-state index contributed by atoms with van der Waals surface area (Å²) in [6, 6.07) is 2.16. The van der Waals surface area contributed by atoms with E-state index >= 15 is 0 Å². The van der Waals surface area contributed by atoms with Crippen LogP contribution in [0.25, 0.3) is 0 Å². The lowest BCUT2D eigenvalue weighted by atomic mass is 9.90. The van der Waals surface area contributed by atoms with Crippen LogP contribution in [-0.4, -0.2) is 33.1 Å². The summed E-state index contributed by atoms with van der Waals surface area (Å²) in [5, 5.41) is 20.0. The molecule has 0 radical (unpaired) electrons. The van der Waals surface area contributed by atoms with Crippen LogP contribution < -0.4 is 5.32 Å². The van der Waals surface area contributed by atoms with Gasteiger partial charge in [0.05, 0.1) is 11.8 Å². The summed E-state index contributed by atoms with van der Waals surface area (Å²) >= 11 is 4.47. The number of nitriles is 1. The molecular formula is C12H18N4OS3. The van der Waals surface area contributed by atoms with E-state index in [4.69, 9.17) is 5.26 Å². The van der Waals surface area contributed by atoms with E-state index in [1.165, 1.54) is 23.1 Å². The lowest BCUT2D eigenvalue weighted by Gasteiger charge is -2.27. The van der Waals surface area contributed by atoms with Gasteiger partial charge in [0, 0.05) is 0 Å². The summed E-state index contributed by atoms with van der Waals surface area (Å²) in [5.41, 5.74) is -0.831. The van der Waals surface area contributed by atoms with Crippen LogP contribution in [0.1, 0.15) is 27.7 Å². The van der Waals surface area contributed by atoms with E-state index in [-0.39, 0.29) is 17.6 Å². The van der Waals surface area contributed by atoms with Crippen LogP contribution in [-0.2, 0) is 4.79 Å². The maximum atomic E-state index is 11.9. The average molecular weight is 331 g/mol. The van der Waals surface area contributed by atoms with Crippen LogP contribution >= 0.6 is 34.9 Å². The molecule has 1 N–H and O–H groups in total. The SMILES string of the molecule is CCSc1nnc(SCC(=O)NC(C)(C#N)C(C)C)s1. The molecule has 0 bridgehead atoms. The molecule has 110 valence electrons. The normalized spacial score (nSPS) is 13.8. The molecule has 0 fully saturated rings. The molecule has 0 spiro atoms. The third-order valence-corrected chi connectivity index (χ3v) is 5.84. The minimum Gasteiger partial charge on any atom is -0.337 e. The van der Waals surface area contributed by atoms with E-state index in [0.717, 1.165) is 14.4 Å². The number of aromatic nitrogens is 2. The number of nitrogens with zero attached hydrogens (tertiary/aromatic N) is 3. The first-order valence-electron chi connectivity index (χ1n) is 6.22. The number of nitrogens with one attached hydrogen (secondary N) is 1. The van der Waals surface area contributed by atoms with Gasteiger partial charge in [-0.15, -0.1) is 10.2 Å². The highest BCUT2D eigenvalue weighted by Crippen LogP contribution is 2.28. The van der Waals surface area contributed by atoms with E-state index in [9.17, 15) is 4.79 Å². The van der Waals surface area contributed by atoms with Crippen molar-refractivity contribution in [2.75, 3.05) is 11.5 Å². The van der Waals surface area contributed by atoms with Crippen molar-refractivity contribution in [3.05, 3.63) is 0 Å². The van der Waals surface area contributed by atoms with E-state index in [1.54, 1.807) is 18.7 Å². The van der Waals surface area contributed by atoms with Crippen LogP contribution in [0.4, 0.5) is 0 Å². The fourth-order valence-corrected chi connectivity index (χ4v) is 3.91. The Balaban J connectivity index is 2.49. The van der Waals surface area contributed by atoms with Gasteiger partial charge in [-0.1, -0.05) is 55.6 Å². The molecule has 1 rings (SSSR count). The van der Waals surface area contributed by atoms with Crippen LogP contribution in [0, 0.1) is 17.2 Å². The van der Waals surface area contributed by atoms with Crippen molar-refractivity contribution in [1.29, 1.82) is 5.26 Å². The first kappa shape index (κ1) is 17.3. The van der Waals surface area contributed by atoms with Gasteiger partial charge in [-0.2, -0.15) is 5.26 Å². The van der Waals surface area contributed by atoms with Crippen molar-refractivity contribution in [1.82, 2.24) is 15.5 Å². The second-order valence-electron chi connectivity index (χ2n) is 4.57. The zero-order valence-electron chi connectivity index (χ0n) is 12.0. The second kappa shape index (κ2) is 7.86. The summed E-state index contributed by atoms with van der Waals surface area (Å²) in [6.45, 7) is 7.62. The van der Waals surface area contributed by atoms with Crippen LogP contribution in [0.2, 0.25) is 0 Å². The highest BCUT2D eigenvalue weighted by atomic mass is 32.2. The zero-order chi connectivity index (χ0) is 15.2. The molecule has 0 aromatic carbocycles. The highest BCUT2D eigenvalue weighted by Gasteiger charge is 2.29. The number of amides is 1. The largest absolute Gasteiger partial charge is 0.337 e. The molecular weight excluding hydrogens is 312 g/mol. The van der Waals surface area contributed by atoms with Gasteiger partial charge in [-0.05, 0) is 18.6 Å². The maximum absolute atomic E-state index is 11.9. The lowest BCUT2D eigenvalue weighted by Crippen LogP contribution is -2.49. The van der Waals surface area contributed by atoms with Crippen molar-refractivity contribution >= 4 is 40.8 Å². The Morgan fingerprint density at radius 2 is 2.05 bits per heavy atom. The van der Waals surface area contributed by atoms with Crippen LogP contribution in [0.5, 0.6) is 0 Å². The summed E-state index contributed by atoms with van der Waals surface area (Å²) in [5.74, 6) is 1.09. The molecule has 0 saturated heterocycles. The third-order valence-electron chi connectivity index (χ3n) is 2.77.